The molecular formula is C18H25NO4. The third kappa shape index (κ3) is 7.72. The number of ketones is 1. The Balaban J connectivity index is 2.61. The van der Waals surface area contributed by atoms with Gasteiger partial charge in [0.2, 0.25) is 5.78 Å². The molecule has 0 spiro atoms. The highest BCUT2D eigenvalue weighted by atomic mass is 16.5. The number of carbonyl (C=O) groups is 2. The lowest BCUT2D eigenvalue weighted by Crippen LogP contribution is -2.40. The largest absolute Gasteiger partial charge is 0.380 e. The minimum Gasteiger partial charge on any atom is -0.380 e. The second-order valence-electron chi connectivity index (χ2n) is 4.79. The molecule has 0 radical (unpaired) electrons. The molecule has 126 valence electrons. The van der Waals surface area contributed by atoms with Crippen molar-refractivity contribution in [2.24, 2.45) is 0 Å². The molecule has 0 saturated heterocycles. The number of ether oxygens (including phenoxy) is 2. The third-order valence-corrected chi connectivity index (χ3v) is 3.14. The fourth-order valence-electron chi connectivity index (χ4n) is 1.92. The topological polar surface area (TPSA) is 55.8 Å². The molecule has 1 aromatic rings. The van der Waals surface area contributed by atoms with Crippen LogP contribution in [0.25, 0.3) is 6.08 Å². The van der Waals surface area contributed by atoms with Gasteiger partial charge in [-0.3, -0.25) is 9.59 Å². The molecule has 0 bridgehead atoms. The fourth-order valence-corrected chi connectivity index (χ4v) is 1.92. The van der Waals surface area contributed by atoms with Crippen LogP contribution in [-0.2, 0) is 19.1 Å². The fraction of sp³-hybridized carbons (Fsp3) is 0.444. The monoisotopic (exact) mass is 319 g/mol. The van der Waals surface area contributed by atoms with Gasteiger partial charge in [-0.05, 0) is 25.5 Å². The van der Waals surface area contributed by atoms with Crippen molar-refractivity contribution in [2.45, 2.75) is 13.8 Å². The van der Waals surface area contributed by atoms with Crippen LogP contribution < -0.4 is 0 Å². The van der Waals surface area contributed by atoms with Crippen molar-refractivity contribution in [1.29, 1.82) is 0 Å². The number of hydrogen-bond acceptors (Lipinski definition) is 4. The Morgan fingerprint density at radius 2 is 1.57 bits per heavy atom. The molecule has 0 aliphatic rings. The van der Waals surface area contributed by atoms with Gasteiger partial charge in [-0.15, -0.1) is 0 Å². The summed E-state index contributed by atoms with van der Waals surface area (Å²) in [4.78, 5) is 25.8. The first-order valence-corrected chi connectivity index (χ1v) is 7.90. The second kappa shape index (κ2) is 11.6. The second-order valence-corrected chi connectivity index (χ2v) is 4.79. The van der Waals surface area contributed by atoms with Gasteiger partial charge >= 0.3 is 0 Å². The predicted octanol–water partition coefficient (Wildman–Crippen LogP) is 2.17. The highest BCUT2D eigenvalue weighted by molar-refractivity contribution is 6.41. The molecule has 0 aliphatic heterocycles. The first-order chi connectivity index (χ1) is 11.2. The van der Waals surface area contributed by atoms with Crippen LogP contribution in [-0.4, -0.2) is 56.1 Å². The van der Waals surface area contributed by atoms with Crippen LogP contribution in [0.3, 0.4) is 0 Å². The van der Waals surface area contributed by atoms with Crippen LogP contribution in [0.1, 0.15) is 19.4 Å². The highest BCUT2D eigenvalue weighted by Gasteiger charge is 2.19. The zero-order chi connectivity index (χ0) is 16.9. The normalized spacial score (nSPS) is 10.9. The maximum absolute atomic E-state index is 12.3. The number of amides is 1. The van der Waals surface area contributed by atoms with E-state index in [0.29, 0.717) is 39.5 Å². The van der Waals surface area contributed by atoms with Gasteiger partial charge in [0.25, 0.3) is 5.91 Å². The quantitative estimate of drug-likeness (QED) is 0.356. The molecule has 23 heavy (non-hydrogen) atoms. The molecule has 1 amide bonds. The lowest BCUT2D eigenvalue weighted by atomic mass is 10.2. The van der Waals surface area contributed by atoms with Crippen LogP contribution in [0.5, 0.6) is 0 Å². The standard InChI is InChI=1S/C18H25NO4/c1-3-22-14-12-19(13-15-23-4-2)18(21)17(20)11-10-16-8-6-5-7-9-16/h5-11H,3-4,12-15H2,1-2H3. The molecule has 0 heterocycles. The highest BCUT2D eigenvalue weighted by Crippen LogP contribution is 2.02. The number of benzene rings is 1. The van der Waals surface area contributed by atoms with E-state index in [9.17, 15) is 9.59 Å². The van der Waals surface area contributed by atoms with E-state index in [2.05, 4.69) is 0 Å². The van der Waals surface area contributed by atoms with E-state index in [1.807, 2.05) is 44.2 Å². The summed E-state index contributed by atoms with van der Waals surface area (Å²) in [5.41, 5.74) is 0.879. The average molecular weight is 319 g/mol. The van der Waals surface area contributed by atoms with Gasteiger partial charge in [-0.1, -0.05) is 36.4 Å². The molecular weight excluding hydrogens is 294 g/mol. The molecule has 5 nitrogen and oxygen atoms in total. The van der Waals surface area contributed by atoms with Crippen molar-refractivity contribution < 1.29 is 19.1 Å². The summed E-state index contributed by atoms with van der Waals surface area (Å²) in [6, 6.07) is 9.39. The molecule has 1 aromatic carbocycles. The van der Waals surface area contributed by atoms with Crippen LogP contribution >= 0.6 is 0 Å². The summed E-state index contributed by atoms with van der Waals surface area (Å²) in [5, 5.41) is 0. The van der Waals surface area contributed by atoms with E-state index >= 15 is 0 Å². The van der Waals surface area contributed by atoms with Gasteiger partial charge in [0.15, 0.2) is 0 Å². The Morgan fingerprint density at radius 1 is 1.00 bits per heavy atom. The summed E-state index contributed by atoms with van der Waals surface area (Å²) < 4.78 is 10.5. The molecule has 0 N–H and O–H groups in total. The molecule has 0 fully saturated rings. The first kappa shape index (κ1) is 19.1. The van der Waals surface area contributed by atoms with Gasteiger partial charge in [0, 0.05) is 26.3 Å². The zero-order valence-corrected chi connectivity index (χ0v) is 13.9. The molecule has 0 unspecified atom stereocenters. The Hall–Kier alpha value is -1.98. The lowest BCUT2D eigenvalue weighted by Gasteiger charge is -2.21. The van der Waals surface area contributed by atoms with Crippen LogP contribution in [0.2, 0.25) is 0 Å². The third-order valence-electron chi connectivity index (χ3n) is 3.14. The number of carbonyl (C=O) groups excluding carboxylic acids is 2. The SMILES string of the molecule is CCOCCN(CCOCC)C(=O)C(=O)C=Cc1ccccc1. The predicted molar refractivity (Wildman–Crippen MR) is 90.0 cm³/mol. The molecule has 0 saturated carbocycles. The Labute approximate surface area is 137 Å². The van der Waals surface area contributed by atoms with Crippen LogP contribution in [0.4, 0.5) is 0 Å². The summed E-state index contributed by atoms with van der Waals surface area (Å²) in [5.74, 6) is -1.07. The van der Waals surface area contributed by atoms with Gasteiger partial charge in [0.05, 0.1) is 13.2 Å². The Morgan fingerprint density at radius 3 is 2.09 bits per heavy atom. The molecule has 0 aliphatic carbocycles. The Kier molecular flexibility index (Phi) is 9.59. The van der Waals surface area contributed by atoms with Gasteiger partial charge in [-0.2, -0.15) is 0 Å². The van der Waals surface area contributed by atoms with E-state index in [-0.39, 0.29) is 0 Å². The van der Waals surface area contributed by atoms with Crippen molar-refractivity contribution >= 4 is 17.8 Å². The average Bonchev–Trinajstić information content (AvgIpc) is 2.59. The maximum Gasteiger partial charge on any atom is 0.294 e. The van der Waals surface area contributed by atoms with Gasteiger partial charge in [0.1, 0.15) is 0 Å². The minimum absolute atomic E-state index is 0.380. The summed E-state index contributed by atoms with van der Waals surface area (Å²) in [7, 11) is 0. The van der Waals surface area contributed by atoms with Crippen LogP contribution in [0, 0.1) is 0 Å². The lowest BCUT2D eigenvalue weighted by molar-refractivity contribution is -0.143. The number of nitrogens with zero attached hydrogens (tertiary/aromatic N) is 1. The van der Waals surface area contributed by atoms with Crippen LogP contribution in [0.15, 0.2) is 36.4 Å². The summed E-state index contributed by atoms with van der Waals surface area (Å²) in [6.45, 7) is 6.51. The summed E-state index contributed by atoms with van der Waals surface area (Å²) in [6.07, 6.45) is 2.95. The van der Waals surface area contributed by atoms with E-state index in [1.54, 1.807) is 6.08 Å². The minimum atomic E-state index is -0.540. The van der Waals surface area contributed by atoms with E-state index < -0.39 is 11.7 Å². The molecule has 5 heteroatoms. The smallest absolute Gasteiger partial charge is 0.294 e. The first-order valence-electron chi connectivity index (χ1n) is 7.90. The van der Waals surface area contributed by atoms with Crippen molar-refractivity contribution in [1.82, 2.24) is 4.90 Å². The van der Waals surface area contributed by atoms with E-state index in [1.165, 1.54) is 11.0 Å². The Bertz CT molecular complexity index is 489. The molecule has 0 aromatic heterocycles. The van der Waals surface area contributed by atoms with E-state index in [0.717, 1.165) is 5.56 Å². The molecule has 1 rings (SSSR count). The molecule has 0 atom stereocenters. The number of hydrogen-bond donors (Lipinski definition) is 0. The van der Waals surface area contributed by atoms with Crippen molar-refractivity contribution in [3.8, 4) is 0 Å². The number of rotatable bonds is 11. The zero-order valence-electron chi connectivity index (χ0n) is 13.9. The van der Waals surface area contributed by atoms with Crippen molar-refractivity contribution in [3.05, 3.63) is 42.0 Å². The van der Waals surface area contributed by atoms with Gasteiger partial charge < -0.3 is 14.4 Å². The van der Waals surface area contributed by atoms with E-state index in [4.69, 9.17) is 9.47 Å². The summed E-state index contributed by atoms with van der Waals surface area (Å²) >= 11 is 0. The van der Waals surface area contributed by atoms with Gasteiger partial charge in [-0.25, -0.2) is 0 Å². The van der Waals surface area contributed by atoms with Crippen molar-refractivity contribution in [2.75, 3.05) is 39.5 Å². The van der Waals surface area contributed by atoms with Crippen molar-refractivity contribution in [3.63, 3.8) is 0 Å². The maximum atomic E-state index is 12.3.